The third kappa shape index (κ3) is 2.39. The van der Waals surface area contributed by atoms with E-state index in [2.05, 4.69) is 29.2 Å². The van der Waals surface area contributed by atoms with Crippen molar-refractivity contribution in [3.05, 3.63) is 42.2 Å². The maximum Gasteiger partial charge on any atom is 0.295 e. The van der Waals surface area contributed by atoms with E-state index in [1.807, 2.05) is 48.3 Å². The van der Waals surface area contributed by atoms with Crippen LogP contribution in [0.1, 0.15) is 25.5 Å². The Morgan fingerprint density at radius 1 is 1.25 bits per heavy atom. The molecule has 3 aromatic rings. The molecule has 0 aliphatic heterocycles. The second-order valence-electron chi connectivity index (χ2n) is 5.16. The van der Waals surface area contributed by atoms with Crippen LogP contribution in [0.4, 0.5) is 6.01 Å². The van der Waals surface area contributed by atoms with Gasteiger partial charge in [-0.15, -0.1) is 0 Å². The molecule has 0 saturated heterocycles. The highest BCUT2D eigenvalue weighted by molar-refractivity contribution is 5.74. The van der Waals surface area contributed by atoms with Crippen LogP contribution in [0.15, 0.2) is 41.1 Å². The Morgan fingerprint density at radius 2 is 2.05 bits per heavy atom. The van der Waals surface area contributed by atoms with E-state index in [4.69, 9.17) is 4.42 Å². The van der Waals surface area contributed by atoms with E-state index in [1.54, 1.807) is 0 Å². The summed E-state index contributed by atoms with van der Waals surface area (Å²) >= 11 is 0. The van der Waals surface area contributed by atoms with Gasteiger partial charge in [0, 0.05) is 12.2 Å². The summed E-state index contributed by atoms with van der Waals surface area (Å²) in [5, 5.41) is 7.65. The molecular formula is C15H18N4O. The van der Waals surface area contributed by atoms with Crippen LogP contribution in [0.5, 0.6) is 0 Å². The van der Waals surface area contributed by atoms with Crippen LogP contribution < -0.4 is 5.32 Å². The molecule has 20 heavy (non-hydrogen) atoms. The van der Waals surface area contributed by atoms with Gasteiger partial charge in [-0.1, -0.05) is 12.1 Å². The summed E-state index contributed by atoms with van der Waals surface area (Å²) < 4.78 is 7.63. The van der Waals surface area contributed by atoms with Crippen molar-refractivity contribution < 1.29 is 4.42 Å². The molecule has 0 aliphatic carbocycles. The molecule has 2 aromatic heterocycles. The first kappa shape index (κ1) is 12.7. The third-order valence-corrected chi connectivity index (χ3v) is 3.52. The molecule has 2 heterocycles. The molecule has 0 spiro atoms. The van der Waals surface area contributed by atoms with Gasteiger partial charge in [0.05, 0.1) is 12.2 Å². The Morgan fingerprint density at radius 3 is 2.75 bits per heavy atom. The lowest BCUT2D eigenvalue weighted by molar-refractivity contribution is 0.434. The fourth-order valence-electron chi connectivity index (χ4n) is 2.13. The van der Waals surface area contributed by atoms with Gasteiger partial charge in [-0.05, 0) is 38.5 Å². The molecule has 104 valence electrons. The summed E-state index contributed by atoms with van der Waals surface area (Å²) in [6, 6.07) is 8.66. The van der Waals surface area contributed by atoms with E-state index in [9.17, 15) is 0 Å². The molecule has 5 heteroatoms. The molecule has 5 nitrogen and oxygen atoms in total. The molecule has 0 fully saturated rings. The quantitative estimate of drug-likeness (QED) is 0.789. The lowest BCUT2D eigenvalue weighted by Gasteiger charge is -2.20. The van der Waals surface area contributed by atoms with Crippen molar-refractivity contribution in [2.45, 2.75) is 32.9 Å². The molecule has 1 N–H and O–H groups in total. The Hall–Kier alpha value is -2.30. The first-order valence-electron chi connectivity index (χ1n) is 6.76. The van der Waals surface area contributed by atoms with Crippen LogP contribution in [-0.2, 0) is 0 Å². The van der Waals surface area contributed by atoms with Gasteiger partial charge in [0.2, 0.25) is 0 Å². The number of benzene rings is 1. The van der Waals surface area contributed by atoms with Gasteiger partial charge in [0.15, 0.2) is 5.58 Å². The van der Waals surface area contributed by atoms with E-state index in [1.165, 1.54) is 0 Å². The predicted molar refractivity (Wildman–Crippen MR) is 78.8 cm³/mol. The number of oxazole rings is 1. The first-order chi connectivity index (χ1) is 9.63. The SMILES string of the molecule is Cc1cnn([C@@H](C)[C@H](C)Nc2nc3ccccc3o2)c1. The average Bonchev–Trinajstić information content (AvgIpc) is 3.03. The number of para-hydroxylation sites is 2. The molecule has 2 atom stereocenters. The zero-order chi connectivity index (χ0) is 14.1. The van der Waals surface area contributed by atoms with Crippen LogP contribution >= 0.6 is 0 Å². The van der Waals surface area contributed by atoms with Crippen molar-refractivity contribution >= 4 is 17.1 Å². The van der Waals surface area contributed by atoms with Crippen LogP contribution in [0.3, 0.4) is 0 Å². The molecule has 0 unspecified atom stereocenters. The van der Waals surface area contributed by atoms with Crippen LogP contribution in [0, 0.1) is 6.92 Å². The fourth-order valence-corrected chi connectivity index (χ4v) is 2.13. The van der Waals surface area contributed by atoms with Gasteiger partial charge in [0.25, 0.3) is 6.01 Å². The van der Waals surface area contributed by atoms with Crippen molar-refractivity contribution in [3.8, 4) is 0 Å². The zero-order valence-electron chi connectivity index (χ0n) is 11.9. The smallest absolute Gasteiger partial charge is 0.295 e. The highest BCUT2D eigenvalue weighted by Gasteiger charge is 2.17. The Balaban J connectivity index is 1.76. The minimum absolute atomic E-state index is 0.155. The van der Waals surface area contributed by atoms with Crippen LogP contribution in [-0.4, -0.2) is 20.8 Å². The van der Waals surface area contributed by atoms with Gasteiger partial charge in [-0.3, -0.25) is 4.68 Å². The standard InChI is InChI=1S/C15H18N4O/c1-10-8-16-19(9-10)12(3)11(2)17-15-18-13-6-4-5-7-14(13)20-15/h4-9,11-12H,1-3H3,(H,17,18)/t11-,12-/m0/s1. The van der Waals surface area contributed by atoms with E-state index >= 15 is 0 Å². The first-order valence-corrected chi connectivity index (χ1v) is 6.76. The van der Waals surface area contributed by atoms with E-state index < -0.39 is 0 Å². The normalized spacial score (nSPS) is 14.3. The number of aromatic nitrogens is 3. The maximum atomic E-state index is 5.68. The predicted octanol–water partition coefficient (Wildman–Crippen LogP) is 3.39. The van der Waals surface area contributed by atoms with Gasteiger partial charge in [0.1, 0.15) is 5.52 Å². The summed E-state index contributed by atoms with van der Waals surface area (Å²) in [5.74, 6) is 0. The molecule has 0 bridgehead atoms. The summed E-state index contributed by atoms with van der Waals surface area (Å²) in [5.41, 5.74) is 2.82. The number of fused-ring (bicyclic) bond motifs is 1. The summed E-state index contributed by atoms with van der Waals surface area (Å²) in [6.45, 7) is 6.25. The number of anilines is 1. The van der Waals surface area contributed by atoms with Crippen LogP contribution in [0.25, 0.3) is 11.1 Å². The van der Waals surface area contributed by atoms with Crippen molar-refractivity contribution in [1.29, 1.82) is 0 Å². The summed E-state index contributed by atoms with van der Waals surface area (Å²) in [4.78, 5) is 4.43. The number of aryl methyl sites for hydroxylation is 1. The van der Waals surface area contributed by atoms with E-state index in [0.717, 1.165) is 16.7 Å². The summed E-state index contributed by atoms with van der Waals surface area (Å²) in [6.07, 6.45) is 3.90. The van der Waals surface area contributed by atoms with Gasteiger partial charge in [-0.25, -0.2) is 0 Å². The number of rotatable bonds is 4. The maximum absolute atomic E-state index is 5.68. The zero-order valence-corrected chi connectivity index (χ0v) is 11.9. The Labute approximate surface area is 117 Å². The lowest BCUT2D eigenvalue weighted by atomic mass is 10.2. The monoisotopic (exact) mass is 270 g/mol. The highest BCUT2D eigenvalue weighted by atomic mass is 16.4. The molecular weight excluding hydrogens is 252 g/mol. The fraction of sp³-hybridized carbons (Fsp3) is 0.333. The second kappa shape index (κ2) is 5.00. The lowest BCUT2D eigenvalue weighted by Crippen LogP contribution is -2.27. The molecule has 0 radical (unpaired) electrons. The molecule has 3 rings (SSSR count). The topological polar surface area (TPSA) is 55.9 Å². The number of nitrogens with one attached hydrogen (secondary N) is 1. The van der Waals surface area contributed by atoms with Gasteiger partial charge in [-0.2, -0.15) is 10.1 Å². The van der Waals surface area contributed by atoms with E-state index in [-0.39, 0.29) is 12.1 Å². The van der Waals surface area contributed by atoms with Crippen molar-refractivity contribution in [2.75, 3.05) is 5.32 Å². The van der Waals surface area contributed by atoms with Crippen molar-refractivity contribution in [3.63, 3.8) is 0 Å². The number of nitrogens with zero attached hydrogens (tertiary/aromatic N) is 3. The second-order valence-corrected chi connectivity index (χ2v) is 5.16. The van der Waals surface area contributed by atoms with Crippen LogP contribution in [0.2, 0.25) is 0 Å². The molecule has 1 aromatic carbocycles. The summed E-state index contributed by atoms with van der Waals surface area (Å²) in [7, 11) is 0. The van der Waals surface area contributed by atoms with E-state index in [0.29, 0.717) is 6.01 Å². The van der Waals surface area contributed by atoms with Gasteiger partial charge < -0.3 is 9.73 Å². The Bertz CT molecular complexity index is 682. The Kier molecular flexibility index (Phi) is 3.18. The van der Waals surface area contributed by atoms with Gasteiger partial charge >= 0.3 is 0 Å². The molecule has 0 saturated carbocycles. The number of hydrogen-bond acceptors (Lipinski definition) is 4. The minimum Gasteiger partial charge on any atom is -0.424 e. The minimum atomic E-state index is 0.155. The molecule has 0 amide bonds. The molecule has 0 aliphatic rings. The largest absolute Gasteiger partial charge is 0.424 e. The third-order valence-electron chi connectivity index (χ3n) is 3.52. The number of hydrogen-bond donors (Lipinski definition) is 1. The highest BCUT2D eigenvalue weighted by Crippen LogP contribution is 2.21. The van der Waals surface area contributed by atoms with Crippen molar-refractivity contribution in [2.24, 2.45) is 0 Å². The van der Waals surface area contributed by atoms with Crippen molar-refractivity contribution in [1.82, 2.24) is 14.8 Å². The average molecular weight is 270 g/mol.